The number of rotatable bonds is 3. The molecule has 1 fully saturated rings. The minimum Gasteiger partial charge on any atom is -0.395 e. The Morgan fingerprint density at radius 2 is 2.25 bits per heavy atom. The van der Waals surface area contributed by atoms with Gasteiger partial charge in [-0.25, -0.2) is 9.18 Å². The lowest BCUT2D eigenvalue weighted by Gasteiger charge is -2.22. The second kappa shape index (κ2) is 4.49. The predicted octanol–water partition coefficient (Wildman–Crippen LogP) is 0.884. The third-order valence-electron chi connectivity index (χ3n) is 2.69. The smallest absolute Gasteiger partial charge is 0.318 e. The van der Waals surface area contributed by atoms with Crippen LogP contribution in [0.5, 0.6) is 0 Å². The summed E-state index contributed by atoms with van der Waals surface area (Å²) < 4.78 is 13.6. The lowest BCUT2D eigenvalue weighted by atomic mass is 10.1. The van der Waals surface area contributed by atoms with E-state index in [1.165, 1.54) is 11.0 Å². The molecule has 4 nitrogen and oxygen atoms in total. The van der Waals surface area contributed by atoms with E-state index in [1.54, 1.807) is 18.2 Å². The van der Waals surface area contributed by atoms with Gasteiger partial charge in [-0.15, -0.1) is 0 Å². The zero-order valence-electron chi connectivity index (χ0n) is 8.69. The average molecular weight is 224 g/mol. The highest BCUT2D eigenvalue weighted by molar-refractivity contribution is 5.77. The lowest BCUT2D eigenvalue weighted by molar-refractivity contribution is 0.178. The maximum atomic E-state index is 13.6. The second-order valence-electron chi connectivity index (χ2n) is 3.64. The van der Waals surface area contributed by atoms with Crippen molar-refractivity contribution in [2.45, 2.75) is 6.04 Å². The Kier molecular flexibility index (Phi) is 3.05. The topological polar surface area (TPSA) is 52.6 Å². The van der Waals surface area contributed by atoms with Crippen LogP contribution in [0.2, 0.25) is 0 Å². The Morgan fingerprint density at radius 3 is 2.94 bits per heavy atom. The summed E-state index contributed by atoms with van der Waals surface area (Å²) in [4.78, 5) is 12.9. The van der Waals surface area contributed by atoms with Gasteiger partial charge in [0.1, 0.15) is 5.82 Å². The maximum Gasteiger partial charge on any atom is 0.318 e. The average Bonchev–Trinajstić information content (AvgIpc) is 2.62. The van der Waals surface area contributed by atoms with Crippen molar-refractivity contribution in [3.63, 3.8) is 0 Å². The number of hydrogen-bond donors (Lipinski definition) is 2. The van der Waals surface area contributed by atoms with Crippen LogP contribution in [0.25, 0.3) is 0 Å². The summed E-state index contributed by atoms with van der Waals surface area (Å²) in [5.41, 5.74) is 0.481. The molecular formula is C11H13FN2O2. The number of benzene rings is 1. The number of aliphatic hydroxyl groups is 1. The van der Waals surface area contributed by atoms with E-state index in [0.717, 1.165) is 0 Å². The van der Waals surface area contributed by atoms with Crippen LogP contribution >= 0.6 is 0 Å². The first-order chi connectivity index (χ1) is 7.74. The molecule has 0 bridgehead atoms. The summed E-state index contributed by atoms with van der Waals surface area (Å²) in [7, 11) is 0. The fourth-order valence-corrected chi connectivity index (χ4v) is 1.93. The molecule has 86 valence electrons. The summed E-state index contributed by atoms with van der Waals surface area (Å²) in [6, 6.07) is 5.78. The van der Waals surface area contributed by atoms with Gasteiger partial charge >= 0.3 is 6.03 Å². The van der Waals surface area contributed by atoms with E-state index >= 15 is 0 Å². The molecule has 1 unspecified atom stereocenters. The Labute approximate surface area is 92.7 Å². The van der Waals surface area contributed by atoms with Crippen molar-refractivity contribution in [1.29, 1.82) is 0 Å². The predicted molar refractivity (Wildman–Crippen MR) is 56.3 cm³/mol. The van der Waals surface area contributed by atoms with Crippen LogP contribution < -0.4 is 5.32 Å². The molecular weight excluding hydrogens is 211 g/mol. The van der Waals surface area contributed by atoms with Gasteiger partial charge in [0.25, 0.3) is 0 Å². The summed E-state index contributed by atoms with van der Waals surface area (Å²) >= 11 is 0. The largest absolute Gasteiger partial charge is 0.395 e. The van der Waals surface area contributed by atoms with Crippen LogP contribution in [-0.4, -0.2) is 35.7 Å². The maximum absolute atomic E-state index is 13.6. The number of aliphatic hydroxyl groups excluding tert-OH is 1. The fraction of sp³-hybridized carbons (Fsp3) is 0.364. The highest BCUT2D eigenvalue weighted by atomic mass is 19.1. The standard InChI is InChI=1S/C11H13FN2O2/c12-9-4-2-1-3-8(9)10-7-13-11(16)14(10)5-6-15/h1-4,10,15H,5-7H2,(H,13,16). The van der Waals surface area contributed by atoms with Gasteiger partial charge in [0, 0.05) is 18.7 Å². The molecule has 0 aromatic heterocycles. The minimum absolute atomic E-state index is 0.127. The molecule has 1 atom stereocenters. The van der Waals surface area contributed by atoms with Gasteiger partial charge in [0.05, 0.1) is 12.6 Å². The second-order valence-corrected chi connectivity index (χ2v) is 3.64. The van der Waals surface area contributed by atoms with Crippen LogP contribution in [0, 0.1) is 5.82 Å². The third kappa shape index (κ3) is 1.86. The molecule has 2 N–H and O–H groups in total. The van der Waals surface area contributed by atoms with Gasteiger partial charge in [-0.05, 0) is 6.07 Å². The highest BCUT2D eigenvalue weighted by Crippen LogP contribution is 2.25. The van der Waals surface area contributed by atoms with E-state index in [2.05, 4.69) is 5.32 Å². The number of hydrogen-bond acceptors (Lipinski definition) is 2. The Morgan fingerprint density at radius 1 is 1.50 bits per heavy atom. The van der Waals surface area contributed by atoms with Crippen molar-refractivity contribution in [1.82, 2.24) is 10.2 Å². The Bertz CT molecular complexity index is 397. The Hall–Kier alpha value is -1.62. The van der Waals surface area contributed by atoms with E-state index in [4.69, 9.17) is 5.11 Å². The van der Waals surface area contributed by atoms with Crippen LogP contribution in [0.4, 0.5) is 9.18 Å². The first kappa shape index (κ1) is 10.9. The summed E-state index contributed by atoms with van der Waals surface area (Å²) in [6.07, 6.45) is 0. The van der Waals surface area contributed by atoms with Crippen LogP contribution in [-0.2, 0) is 0 Å². The molecule has 0 saturated carbocycles. The first-order valence-electron chi connectivity index (χ1n) is 5.14. The zero-order chi connectivity index (χ0) is 11.5. The van der Waals surface area contributed by atoms with Crippen LogP contribution in [0.3, 0.4) is 0 Å². The number of nitrogens with one attached hydrogen (secondary N) is 1. The summed E-state index contributed by atoms with van der Waals surface area (Å²) in [6.45, 7) is 0.461. The molecule has 2 amide bonds. The molecule has 1 saturated heterocycles. The number of halogens is 1. The van der Waals surface area contributed by atoms with Gasteiger partial charge < -0.3 is 15.3 Å². The van der Waals surface area contributed by atoms with Crippen LogP contribution in [0.15, 0.2) is 24.3 Å². The fourth-order valence-electron chi connectivity index (χ4n) is 1.93. The highest BCUT2D eigenvalue weighted by Gasteiger charge is 2.32. The van der Waals surface area contributed by atoms with Gasteiger partial charge in [0.15, 0.2) is 0 Å². The molecule has 1 heterocycles. The zero-order valence-corrected chi connectivity index (χ0v) is 8.69. The molecule has 1 aromatic carbocycles. The quantitative estimate of drug-likeness (QED) is 0.801. The minimum atomic E-state index is -0.333. The van der Waals surface area contributed by atoms with E-state index in [-0.39, 0.29) is 31.0 Å². The van der Waals surface area contributed by atoms with Crippen molar-refractivity contribution in [3.05, 3.63) is 35.6 Å². The molecule has 0 aliphatic carbocycles. The lowest BCUT2D eigenvalue weighted by Crippen LogP contribution is -2.32. The number of β-amino-alcohol motifs (C(OH)–C–C–N with tert-alkyl or cyclic N) is 1. The SMILES string of the molecule is O=C1NCC(c2ccccc2F)N1CCO. The van der Waals surface area contributed by atoms with E-state index in [0.29, 0.717) is 12.1 Å². The third-order valence-corrected chi connectivity index (χ3v) is 2.69. The number of nitrogens with zero attached hydrogens (tertiary/aromatic N) is 1. The van der Waals surface area contributed by atoms with E-state index in [1.807, 2.05) is 0 Å². The first-order valence-corrected chi connectivity index (χ1v) is 5.14. The summed E-state index contributed by atoms with van der Waals surface area (Å²) in [5, 5.41) is 11.5. The van der Waals surface area contributed by atoms with Crippen molar-refractivity contribution < 1.29 is 14.3 Å². The molecule has 1 aliphatic heterocycles. The monoisotopic (exact) mass is 224 g/mol. The number of urea groups is 1. The van der Waals surface area contributed by atoms with Gasteiger partial charge in [-0.3, -0.25) is 0 Å². The molecule has 0 radical (unpaired) electrons. The molecule has 5 heteroatoms. The molecule has 16 heavy (non-hydrogen) atoms. The van der Waals surface area contributed by atoms with Crippen LogP contribution in [0.1, 0.15) is 11.6 Å². The Balaban J connectivity index is 2.27. The summed E-state index contributed by atoms with van der Waals surface area (Å²) in [5.74, 6) is -0.327. The number of carbonyl (C=O) groups excluding carboxylic acids is 1. The van der Waals surface area contributed by atoms with Crippen molar-refractivity contribution in [2.24, 2.45) is 0 Å². The van der Waals surface area contributed by atoms with Crippen molar-refractivity contribution in [3.8, 4) is 0 Å². The van der Waals surface area contributed by atoms with Gasteiger partial charge in [0.2, 0.25) is 0 Å². The van der Waals surface area contributed by atoms with Gasteiger partial charge in [-0.2, -0.15) is 0 Å². The van der Waals surface area contributed by atoms with E-state index < -0.39 is 0 Å². The van der Waals surface area contributed by atoms with Crippen molar-refractivity contribution >= 4 is 6.03 Å². The number of carbonyl (C=O) groups is 1. The number of amides is 2. The molecule has 0 spiro atoms. The molecule has 2 rings (SSSR count). The molecule has 1 aromatic rings. The molecule has 1 aliphatic rings. The van der Waals surface area contributed by atoms with Crippen molar-refractivity contribution in [2.75, 3.05) is 19.7 Å². The normalized spacial score (nSPS) is 20.0. The van der Waals surface area contributed by atoms with Gasteiger partial charge in [-0.1, -0.05) is 18.2 Å². The van der Waals surface area contributed by atoms with E-state index in [9.17, 15) is 9.18 Å².